The number of hydrogen-bond acceptors (Lipinski definition) is 3. The second kappa shape index (κ2) is 7.25. The van der Waals surface area contributed by atoms with Crippen molar-refractivity contribution in [3.05, 3.63) is 52.2 Å². The predicted molar refractivity (Wildman–Crippen MR) is 86.9 cm³/mol. The van der Waals surface area contributed by atoms with Crippen molar-refractivity contribution in [1.29, 1.82) is 0 Å². The summed E-state index contributed by atoms with van der Waals surface area (Å²) in [5.74, 6) is 0.264. The number of carbonyl (C=O) groups is 1. The van der Waals surface area contributed by atoms with Gasteiger partial charge < -0.3 is 4.90 Å². The van der Waals surface area contributed by atoms with Gasteiger partial charge in [-0.2, -0.15) is 0 Å². The van der Waals surface area contributed by atoms with Gasteiger partial charge in [-0.25, -0.2) is 0 Å². The van der Waals surface area contributed by atoms with Crippen molar-refractivity contribution in [3.63, 3.8) is 0 Å². The minimum absolute atomic E-state index is 0.264. The molecule has 2 nitrogen and oxygen atoms in total. The van der Waals surface area contributed by atoms with E-state index in [1.54, 1.807) is 0 Å². The molecule has 0 fully saturated rings. The zero-order chi connectivity index (χ0) is 14.4. The molecule has 0 bridgehead atoms. The molecule has 0 radical (unpaired) electrons. The van der Waals surface area contributed by atoms with E-state index in [1.807, 2.05) is 17.5 Å². The lowest BCUT2D eigenvalue weighted by Gasteiger charge is -2.23. The van der Waals surface area contributed by atoms with E-state index >= 15 is 0 Å². The molecule has 3 heteroatoms. The summed E-state index contributed by atoms with van der Waals surface area (Å²) in [7, 11) is 0. The molecule has 0 spiro atoms. The first-order valence-electron chi connectivity index (χ1n) is 7.09. The lowest BCUT2D eigenvalue weighted by molar-refractivity contribution is 0.0984. The molecule has 2 rings (SSSR count). The van der Waals surface area contributed by atoms with Crippen LogP contribution >= 0.6 is 11.3 Å². The monoisotopic (exact) mass is 287 g/mol. The van der Waals surface area contributed by atoms with Gasteiger partial charge >= 0.3 is 0 Å². The molecule has 2 aromatic rings. The van der Waals surface area contributed by atoms with Gasteiger partial charge in [0.25, 0.3) is 0 Å². The van der Waals surface area contributed by atoms with Crippen molar-refractivity contribution in [3.8, 4) is 0 Å². The molecule has 0 saturated carbocycles. The molecule has 0 aliphatic heterocycles. The van der Waals surface area contributed by atoms with Crippen LogP contribution in [0.15, 0.2) is 41.8 Å². The van der Waals surface area contributed by atoms with E-state index in [0.29, 0.717) is 6.42 Å². The highest BCUT2D eigenvalue weighted by Gasteiger charge is 2.09. The van der Waals surface area contributed by atoms with Crippen molar-refractivity contribution >= 4 is 22.8 Å². The van der Waals surface area contributed by atoms with E-state index < -0.39 is 0 Å². The van der Waals surface area contributed by atoms with Crippen LogP contribution in [0, 0.1) is 6.92 Å². The van der Waals surface area contributed by atoms with E-state index in [-0.39, 0.29) is 5.78 Å². The Morgan fingerprint density at radius 2 is 2.10 bits per heavy atom. The van der Waals surface area contributed by atoms with Gasteiger partial charge in [0.2, 0.25) is 0 Å². The Morgan fingerprint density at radius 1 is 1.25 bits per heavy atom. The number of anilines is 1. The minimum Gasteiger partial charge on any atom is -0.372 e. The average Bonchev–Trinajstić information content (AvgIpc) is 2.97. The zero-order valence-corrected chi connectivity index (χ0v) is 13.0. The third-order valence-electron chi connectivity index (χ3n) is 3.38. The second-order valence-electron chi connectivity index (χ2n) is 4.92. The largest absolute Gasteiger partial charge is 0.372 e. The van der Waals surface area contributed by atoms with Crippen LogP contribution in [-0.4, -0.2) is 18.9 Å². The van der Waals surface area contributed by atoms with Gasteiger partial charge in [0, 0.05) is 25.2 Å². The summed E-state index contributed by atoms with van der Waals surface area (Å²) in [6.07, 6.45) is 1.53. The third kappa shape index (κ3) is 3.94. The number of benzene rings is 1. The summed E-state index contributed by atoms with van der Waals surface area (Å²) in [6.45, 7) is 6.16. The van der Waals surface area contributed by atoms with Crippen molar-refractivity contribution in [1.82, 2.24) is 0 Å². The molecule has 0 N–H and O–H groups in total. The molecule has 1 heterocycles. The maximum absolute atomic E-state index is 12.0. The van der Waals surface area contributed by atoms with E-state index in [1.165, 1.54) is 22.6 Å². The Hall–Kier alpha value is -1.61. The van der Waals surface area contributed by atoms with E-state index in [0.717, 1.165) is 24.4 Å². The summed E-state index contributed by atoms with van der Waals surface area (Å²) in [4.78, 5) is 15.2. The smallest absolute Gasteiger partial charge is 0.172 e. The van der Waals surface area contributed by atoms with Crippen LogP contribution in [0.25, 0.3) is 0 Å². The van der Waals surface area contributed by atoms with Crippen LogP contribution in [0.2, 0.25) is 0 Å². The SMILES string of the molecule is CCN(CCCC(=O)c1cccs1)c1cccc(C)c1. The summed E-state index contributed by atoms with van der Waals surface area (Å²) in [5, 5.41) is 1.96. The maximum Gasteiger partial charge on any atom is 0.172 e. The fraction of sp³-hybridized carbons (Fsp3) is 0.353. The van der Waals surface area contributed by atoms with Crippen molar-refractivity contribution < 1.29 is 4.79 Å². The van der Waals surface area contributed by atoms with Gasteiger partial charge in [0.05, 0.1) is 4.88 Å². The van der Waals surface area contributed by atoms with Crippen LogP contribution in [0.1, 0.15) is 35.0 Å². The van der Waals surface area contributed by atoms with Gasteiger partial charge in [0.15, 0.2) is 5.78 Å². The zero-order valence-electron chi connectivity index (χ0n) is 12.1. The molecule has 106 valence electrons. The number of rotatable bonds is 7. The van der Waals surface area contributed by atoms with Crippen molar-refractivity contribution in [2.24, 2.45) is 0 Å². The fourth-order valence-corrected chi connectivity index (χ4v) is 2.98. The van der Waals surface area contributed by atoms with Gasteiger partial charge in [-0.1, -0.05) is 18.2 Å². The first kappa shape index (κ1) is 14.8. The summed E-state index contributed by atoms with van der Waals surface area (Å²) in [5.41, 5.74) is 2.52. The second-order valence-corrected chi connectivity index (χ2v) is 5.87. The van der Waals surface area contributed by atoms with E-state index in [9.17, 15) is 4.79 Å². The Morgan fingerprint density at radius 3 is 2.75 bits per heavy atom. The normalized spacial score (nSPS) is 10.5. The van der Waals surface area contributed by atoms with Gasteiger partial charge in [-0.15, -0.1) is 11.3 Å². The molecule has 1 aromatic heterocycles. The van der Waals surface area contributed by atoms with Crippen LogP contribution in [-0.2, 0) is 0 Å². The van der Waals surface area contributed by atoms with Gasteiger partial charge in [0.1, 0.15) is 0 Å². The van der Waals surface area contributed by atoms with Gasteiger partial charge in [-0.05, 0) is 49.4 Å². The first-order chi connectivity index (χ1) is 9.70. The summed E-state index contributed by atoms with van der Waals surface area (Å²) in [6, 6.07) is 12.4. The molecule has 0 atom stereocenters. The highest BCUT2D eigenvalue weighted by atomic mass is 32.1. The highest BCUT2D eigenvalue weighted by Crippen LogP contribution is 2.17. The predicted octanol–water partition coefficient (Wildman–Crippen LogP) is 4.55. The number of nitrogens with zero attached hydrogens (tertiary/aromatic N) is 1. The van der Waals surface area contributed by atoms with Crippen LogP contribution in [0.3, 0.4) is 0 Å². The molecule has 1 aromatic carbocycles. The minimum atomic E-state index is 0.264. The fourth-order valence-electron chi connectivity index (χ4n) is 2.29. The Bertz CT molecular complexity index is 548. The number of thiophene rings is 1. The number of carbonyl (C=O) groups excluding carboxylic acids is 1. The molecule has 0 amide bonds. The molecule has 0 unspecified atom stereocenters. The van der Waals surface area contributed by atoms with E-state index in [2.05, 4.69) is 43.0 Å². The standard InChI is InChI=1S/C17H21NOS/c1-3-18(15-8-4-7-14(2)13-15)11-5-9-16(19)17-10-6-12-20-17/h4,6-8,10,12-13H,3,5,9,11H2,1-2H3. The summed E-state index contributed by atoms with van der Waals surface area (Å²) >= 11 is 1.53. The number of Topliss-reactive ketones (excluding diaryl/α,β-unsaturated/α-hetero) is 1. The van der Waals surface area contributed by atoms with Crippen molar-refractivity contribution in [2.45, 2.75) is 26.7 Å². The summed E-state index contributed by atoms with van der Waals surface area (Å²) < 4.78 is 0. The molecule has 20 heavy (non-hydrogen) atoms. The number of hydrogen-bond donors (Lipinski definition) is 0. The Balaban J connectivity index is 1.87. The third-order valence-corrected chi connectivity index (χ3v) is 4.29. The Kier molecular flexibility index (Phi) is 5.36. The topological polar surface area (TPSA) is 20.3 Å². The molecule has 0 aliphatic carbocycles. The first-order valence-corrected chi connectivity index (χ1v) is 7.97. The molecular formula is C17H21NOS. The Labute approximate surface area is 125 Å². The van der Waals surface area contributed by atoms with Crippen LogP contribution in [0.5, 0.6) is 0 Å². The van der Waals surface area contributed by atoms with Crippen LogP contribution < -0.4 is 4.90 Å². The lowest BCUT2D eigenvalue weighted by Crippen LogP contribution is -2.24. The lowest BCUT2D eigenvalue weighted by atomic mass is 10.1. The van der Waals surface area contributed by atoms with Crippen molar-refractivity contribution in [2.75, 3.05) is 18.0 Å². The van der Waals surface area contributed by atoms with Crippen LogP contribution in [0.4, 0.5) is 5.69 Å². The highest BCUT2D eigenvalue weighted by molar-refractivity contribution is 7.12. The molecular weight excluding hydrogens is 266 g/mol. The average molecular weight is 287 g/mol. The molecule has 0 aliphatic rings. The maximum atomic E-state index is 12.0. The van der Waals surface area contributed by atoms with Gasteiger partial charge in [-0.3, -0.25) is 4.79 Å². The number of ketones is 1. The quantitative estimate of drug-likeness (QED) is 0.696. The van der Waals surface area contributed by atoms with E-state index in [4.69, 9.17) is 0 Å². The number of aryl methyl sites for hydroxylation is 1. The molecule has 0 saturated heterocycles.